The van der Waals surface area contributed by atoms with Gasteiger partial charge in [-0.15, -0.1) is 0 Å². The van der Waals surface area contributed by atoms with E-state index in [1.54, 1.807) is 36.5 Å². The lowest BCUT2D eigenvalue weighted by atomic mass is 10.2. The van der Waals surface area contributed by atoms with Crippen LogP contribution in [0.3, 0.4) is 0 Å². The van der Waals surface area contributed by atoms with E-state index in [2.05, 4.69) is 36.1 Å². The van der Waals surface area contributed by atoms with E-state index in [4.69, 9.17) is 0 Å². The van der Waals surface area contributed by atoms with Crippen molar-refractivity contribution in [2.24, 2.45) is 0 Å². The number of para-hydroxylation sites is 1. The molecule has 0 atom stereocenters. The van der Waals surface area contributed by atoms with E-state index in [1.165, 1.54) is 6.33 Å². The summed E-state index contributed by atoms with van der Waals surface area (Å²) in [6, 6.07) is 16.5. The van der Waals surface area contributed by atoms with Crippen LogP contribution in [0.2, 0.25) is 0 Å². The van der Waals surface area contributed by atoms with Crippen molar-refractivity contribution in [2.75, 3.05) is 41.3 Å². The van der Waals surface area contributed by atoms with Crippen molar-refractivity contribution in [1.29, 1.82) is 5.26 Å². The number of amides is 1. The zero-order valence-corrected chi connectivity index (χ0v) is 15.7. The molecule has 1 aliphatic rings. The predicted octanol–water partition coefficient (Wildman–Crippen LogP) is 2.32. The Hall–Kier alpha value is -3.99. The van der Waals surface area contributed by atoms with Crippen LogP contribution < -0.4 is 15.1 Å². The smallest absolute Gasteiger partial charge is 0.274 e. The lowest BCUT2D eigenvalue weighted by molar-refractivity contribution is 0.102. The molecule has 2 aromatic heterocycles. The van der Waals surface area contributed by atoms with E-state index >= 15 is 0 Å². The van der Waals surface area contributed by atoms with Crippen molar-refractivity contribution >= 4 is 23.2 Å². The number of anilines is 3. The van der Waals surface area contributed by atoms with E-state index in [0.717, 1.165) is 32.0 Å². The minimum atomic E-state index is -0.372. The van der Waals surface area contributed by atoms with Gasteiger partial charge in [-0.05, 0) is 24.3 Å². The number of pyridine rings is 1. The van der Waals surface area contributed by atoms with Crippen molar-refractivity contribution in [3.05, 3.63) is 72.3 Å². The summed E-state index contributed by atoms with van der Waals surface area (Å²) in [5.74, 6) is 1.30. The molecule has 8 nitrogen and oxygen atoms in total. The van der Waals surface area contributed by atoms with Gasteiger partial charge in [0.2, 0.25) is 0 Å². The Morgan fingerprint density at radius 3 is 2.38 bits per heavy atom. The standard InChI is InChI=1S/C21H19N7O/c22-14-16-5-1-2-6-17(16)26-21(29)18-13-20(25-15-24-18)28-11-9-27(10-12-28)19-7-3-4-8-23-19/h1-8,13,15H,9-12H2,(H,26,29). The molecule has 144 valence electrons. The predicted molar refractivity (Wildman–Crippen MR) is 110 cm³/mol. The topological polar surface area (TPSA) is 98.0 Å². The molecule has 4 rings (SSSR count). The molecule has 0 saturated carbocycles. The molecule has 0 spiro atoms. The number of carbonyl (C=O) groups is 1. The number of rotatable bonds is 4. The average molecular weight is 385 g/mol. The summed E-state index contributed by atoms with van der Waals surface area (Å²) in [5, 5.41) is 11.9. The molecule has 3 heterocycles. The van der Waals surface area contributed by atoms with E-state index in [1.807, 2.05) is 18.2 Å². The molecule has 1 fully saturated rings. The maximum Gasteiger partial charge on any atom is 0.274 e. The quantitative estimate of drug-likeness (QED) is 0.736. The molecule has 1 N–H and O–H groups in total. The molecule has 8 heteroatoms. The first-order valence-corrected chi connectivity index (χ1v) is 9.28. The van der Waals surface area contributed by atoms with Crippen molar-refractivity contribution in [1.82, 2.24) is 15.0 Å². The van der Waals surface area contributed by atoms with Crippen LogP contribution >= 0.6 is 0 Å². The van der Waals surface area contributed by atoms with Gasteiger partial charge in [-0.3, -0.25) is 4.79 Å². The fraction of sp³-hybridized carbons (Fsp3) is 0.190. The highest BCUT2D eigenvalue weighted by molar-refractivity contribution is 6.03. The molecule has 1 amide bonds. The van der Waals surface area contributed by atoms with Gasteiger partial charge in [0, 0.05) is 38.4 Å². The number of benzene rings is 1. The molecular formula is C21H19N7O. The normalized spacial score (nSPS) is 13.6. The van der Waals surface area contributed by atoms with Crippen LogP contribution in [0.15, 0.2) is 61.1 Å². The first-order chi connectivity index (χ1) is 14.2. The van der Waals surface area contributed by atoms with Gasteiger partial charge >= 0.3 is 0 Å². The van der Waals surface area contributed by atoms with Crippen molar-refractivity contribution in [3.63, 3.8) is 0 Å². The van der Waals surface area contributed by atoms with Gasteiger partial charge in [-0.1, -0.05) is 18.2 Å². The third-order valence-corrected chi connectivity index (χ3v) is 4.76. The number of hydrogen-bond acceptors (Lipinski definition) is 7. The molecule has 29 heavy (non-hydrogen) atoms. The number of carbonyl (C=O) groups excluding carboxylic acids is 1. The van der Waals surface area contributed by atoms with E-state index in [0.29, 0.717) is 17.1 Å². The monoisotopic (exact) mass is 385 g/mol. The fourth-order valence-electron chi connectivity index (χ4n) is 3.23. The first-order valence-electron chi connectivity index (χ1n) is 9.28. The highest BCUT2D eigenvalue weighted by atomic mass is 16.1. The minimum Gasteiger partial charge on any atom is -0.353 e. The lowest BCUT2D eigenvalue weighted by Crippen LogP contribution is -2.47. The summed E-state index contributed by atoms with van der Waals surface area (Å²) in [6.07, 6.45) is 3.19. The van der Waals surface area contributed by atoms with E-state index in [-0.39, 0.29) is 11.6 Å². The van der Waals surface area contributed by atoms with E-state index in [9.17, 15) is 10.1 Å². The summed E-state index contributed by atoms with van der Waals surface area (Å²) >= 11 is 0. The van der Waals surface area contributed by atoms with Crippen LogP contribution in [-0.2, 0) is 0 Å². The molecule has 0 aliphatic carbocycles. The fourth-order valence-corrected chi connectivity index (χ4v) is 3.23. The summed E-state index contributed by atoms with van der Waals surface area (Å²) < 4.78 is 0. The molecule has 0 radical (unpaired) electrons. The Bertz CT molecular complexity index is 1040. The van der Waals surface area contributed by atoms with Gasteiger partial charge in [-0.2, -0.15) is 5.26 Å². The molecule has 1 aliphatic heterocycles. The summed E-state index contributed by atoms with van der Waals surface area (Å²) in [6.45, 7) is 3.17. The molecule has 0 bridgehead atoms. The molecule has 0 unspecified atom stereocenters. The van der Waals surface area contributed by atoms with Crippen LogP contribution in [0.5, 0.6) is 0 Å². The SMILES string of the molecule is N#Cc1ccccc1NC(=O)c1cc(N2CCN(c3ccccn3)CC2)ncn1. The second-order valence-electron chi connectivity index (χ2n) is 6.53. The van der Waals surface area contributed by atoms with Crippen molar-refractivity contribution < 1.29 is 4.79 Å². The Morgan fingerprint density at radius 2 is 1.66 bits per heavy atom. The average Bonchev–Trinajstić information content (AvgIpc) is 2.80. The lowest BCUT2D eigenvalue weighted by Gasteiger charge is -2.36. The molecular weight excluding hydrogens is 366 g/mol. The van der Waals surface area contributed by atoms with E-state index < -0.39 is 0 Å². The van der Waals surface area contributed by atoms with Gasteiger partial charge in [0.15, 0.2) is 0 Å². The van der Waals surface area contributed by atoms with Gasteiger partial charge < -0.3 is 15.1 Å². The molecule has 1 saturated heterocycles. The second kappa shape index (κ2) is 8.35. The van der Waals surface area contributed by atoms with Crippen LogP contribution in [0.25, 0.3) is 0 Å². The maximum absolute atomic E-state index is 12.6. The zero-order valence-electron chi connectivity index (χ0n) is 15.7. The zero-order chi connectivity index (χ0) is 20.1. The van der Waals surface area contributed by atoms with Gasteiger partial charge in [0.05, 0.1) is 11.3 Å². The number of hydrogen-bond donors (Lipinski definition) is 1. The highest BCUT2D eigenvalue weighted by Crippen LogP contribution is 2.19. The van der Waals surface area contributed by atoms with Gasteiger partial charge in [0.25, 0.3) is 5.91 Å². The molecule has 3 aromatic rings. The van der Waals surface area contributed by atoms with Crippen molar-refractivity contribution in [3.8, 4) is 6.07 Å². The first kappa shape index (κ1) is 18.4. The van der Waals surface area contributed by atoms with Crippen LogP contribution in [0.1, 0.15) is 16.1 Å². The largest absolute Gasteiger partial charge is 0.353 e. The van der Waals surface area contributed by atoms with Crippen LogP contribution in [0, 0.1) is 11.3 Å². The Morgan fingerprint density at radius 1 is 0.931 bits per heavy atom. The maximum atomic E-state index is 12.6. The summed E-state index contributed by atoms with van der Waals surface area (Å²) in [5.41, 5.74) is 1.12. The van der Waals surface area contributed by atoms with Gasteiger partial charge in [-0.25, -0.2) is 15.0 Å². The third kappa shape index (κ3) is 4.14. The number of nitriles is 1. The Labute approximate surface area is 168 Å². The Kier molecular flexibility index (Phi) is 5.29. The number of aromatic nitrogens is 3. The van der Waals surface area contributed by atoms with Crippen LogP contribution in [0.4, 0.5) is 17.3 Å². The molecule has 1 aromatic carbocycles. The van der Waals surface area contributed by atoms with Gasteiger partial charge in [0.1, 0.15) is 29.7 Å². The third-order valence-electron chi connectivity index (χ3n) is 4.76. The Balaban J connectivity index is 1.44. The second-order valence-corrected chi connectivity index (χ2v) is 6.53. The highest BCUT2D eigenvalue weighted by Gasteiger charge is 2.20. The minimum absolute atomic E-state index is 0.259. The van der Waals surface area contributed by atoms with Crippen LogP contribution in [-0.4, -0.2) is 47.0 Å². The summed E-state index contributed by atoms with van der Waals surface area (Å²) in [7, 11) is 0. The summed E-state index contributed by atoms with van der Waals surface area (Å²) in [4.78, 5) is 29.8. The number of piperazine rings is 1. The number of nitrogens with one attached hydrogen (secondary N) is 1. The number of nitrogens with zero attached hydrogens (tertiary/aromatic N) is 6. The van der Waals surface area contributed by atoms with Crippen molar-refractivity contribution in [2.45, 2.75) is 0 Å².